The summed E-state index contributed by atoms with van der Waals surface area (Å²) in [4.78, 5) is 63.7. The van der Waals surface area contributed by atoms with E-state index in [1.165, 1.54) is 0 Å². The lowest BCUT2D eigenvalue weighted by molar-refractivity contribution is -0.142. The second kappa shape index (κ2) is 17.0. The highest BCUT2D eigenvalue weighted by Crippen LogP contribution is 2.20. The third-order valence-corrected chi connectivity index (χ3v) is 8.66. The molecule has 4 unspecified atom stereocenters. The second-order valence-electron chi connectivity index (χ2n) is 12.4. The molecule has 0 saturated carbocycles. The molecule has 0 fully saturated rings. The van der Waals surface area contributed by atoms with Crippen molar-refractivity contribution in [2.45, 2.75) is 56.3 Å². The fourth-order valence-electron chi connectivity index (χ4n) is 6.01. The van der Waals surface area contributed by atoms with Gasteiger partial charge >= 0.3 is 5.97 Å². The number of carboxylic acid groups (broad SMARTS) is 1. The zero-order valence-electron chi connectivity index (χ0n) is 28.0. The van der Waals surface area contributed by atoms with Crippen molar-refractivity contribution >= 4 is 51.5 Å². The standard InChI is InChI=1S/C37H43N9O5/c38-27(18-23-20-42-28-13-6-4-11-25(23)28)33(47)45-31(17-22-9-2-1-3-10-22)35(49)44-30(15-8-16-41-37(39)40)34(48)46-32(36(50)51)19-24-21-43-29-14-7-5-12-26(24)29/h1-7,9-14,20-21,27,30-32,42-43H,8,15-19,38H2,(H,44,49)(H,45,47)(H,46,48)(H,50,51)(H4,39,40,41). The Morgan fingerprint density at radius 2 is 1.20 bits per heavy atom. The third-order valence-electron chi connectivity index (χ3n) is 8.66. The molecule has 51 heavy (non-hydrogen) atoms. The van der Waals surface area contributed by atoms with Crippen molar-refractivity contribution in [1.29, 1.82) is 0 Å². The van der Waals surface area contributed by atoms with E-state index in [0.29, 0.717) is 12.0 Å². The first-order chi connectivity index (χ1) is 24.6. The number of hydrogen-bond donors (Lipinski definition) is 9. The van der Waals surface area contributed by atoms with Crippen LogP contribution < -0.4 is 33.2 Å². The number of aliphatic carboxylic acids is 1. The first-order valence-electron chi connectivity index (χ1n) is 16.7. The number of rotatable bonds is 17. The number of benzene rings is 3. The number of carboxylic acids is 1. The topological polar surface area (TPSA) is 247 Å². The number of carbonyl (C=O) groups excluding carboxylic acids is 3. The van der Waals surface area contributed by atoms with Crippen molar-refractivity contribution in [3.05, 3.63) is 108 Å². The lowest BCUT2D eigenvalue weighted by Crippen LogP contribution is -2.58. The molecule has 12 N–H and O–H groups in total. The van der Waals surface area contributed by atoms with Crippen LogP contribution in [0.1, 0.15) is 29.5 Å². The molecule has 0 aliphatic rings. The lowest BCUT2D eigenvalue weighted by atomic mass is 10.0. The molecule has 0 saturated heterocycles. The molecule has 3 aromatic carbocycles. The van der Waals surface area contributed by atoms with Crippen LogP contribution in [-0.4, -0.2) is 75.4 Å². The fourth-order valence-corrected chi connectivity index (χ4v) is 6.01. The minimum absolute atomic E-state index is 0.000755. The van der Waals surface area contributed by atoms with Crippen molar-refractivity contribution in [2.24, 2.45) is 22.2 Å². The van der Waals surface area contributed by atoms with E-state index in [9.17, 15) is 24.3 Å². The molecule has 2 heterocycles. The predicted octanol–water partition coefficient (Wildman–Crippen LogP) is 1.60. The van der Waals surface area contributed by atoms with Gasteiger partial charge in [0.25, 0.3) is 0 Å². The first kappa shape index (κ1) is 36.1. The Morgan fingerprint density at radius 1 is 0.667 bits per heavy atom. The number of hydrogen-bond acceptors (Lipinski definition) is 6. The van der Waals surface area contributed by atoms with Gasteiger partial charge in [-0.3, -0.25) is 19.4 Å². The fraction of sp³-hybridized carbons (Fsp3) is 0.270. The number of aromatic nitrogens is 2. The van der Waals surface area contributed by atoms with Crippen LogP contribution in [0.2, 0.25) is 0 Å². The molecule has 5 rings (SSSR count). The minimum Gasteiger partial charge on any atom is -0.480 e. The Hall–Kier alpha value is -6.15. The van der Waals surface area contributed by atoms with Gasteiger partial charge in [0.05, 0.1) is 6.04 Å². The largest absolute Gasteiger partial charge is 0.480 e. The van der Waals surface area contributed by atoms with Crippen molar-refractivity contribution < 1.29 is 24.3 Å². The number of aliphatic imine (C=N–C) groups is 1. The van der Waals surface area contributed by atoms with E-state index in [4.69, 9.17) is 17.2 Å². The number of para-hydroxylation sites is 2. The van der Waals surface area contributed by atoms with Crippen LogP contribution in [0.5, 0.6) is 0 Å². The highest BCUT2D eigenvalue weighted by atomic mass is 16.4. The van der Waals surface area contributed by atoms with Gasteiger partial charge in [-0.2, -0.15) is 0 Å². The van der Waals surface area contributed by atoms with Gasteiger partial charge in [0, 0.05) is 53.6 Å². The highest BCUT2D eigenvalue weighted by Gasteiger charge is 2.31. The molecule has 0 radical (unpaired) electrons. The molecule has 3 amide bonds. The van der Waals surface area contributed by atoms with Crippen LogP contribution in [0.3, 0.4) is 0 Å². The number of nitrogens with zero attached hydrogens (tertiary/aromatic N) is 1. The Morgan fingerprint density at radius 3 is 1.80 bits per heavy atom. The number of nitrogens with two attached hydrogens (primary N) is 3. The molecular weight excluding hydrogens is 650 g/mol. The number of fused-ring (bicyclic) bond motifs is 2. The van der Waals surface area contributed by atoms with E-state index >= 15 is 0 Å². The number of nitrogens with one attached hydrogen (secondary N) is 5. The van der Waals surface area contributed by atoms with Gasteiger partial charge < -0.3 is 48.2 Å². The molecular formula is C37H43N9O5. The van der Waals surface area contributed by atoms with E-state index in [0.717, 1.165) is 32.9 Å². The summed E-state index contributed by atoms with van der Waals surface area (Å²) in [6, 6.07) is 19.6. The summed E-state index contributed by atoms with van der Waals surface area (Å²) in [5.74, 6) is -3.26. The van der Waals surface area contributed by atoms with Gasteiger partial charge in [-0.15, -0.1) is 0 Å². The summed E-state index contributed by atoms with van der Waals surface area (Å²) in [6.45, 7) is 0.173. The maximum absolute atomic E-state index is 13.9. The normalized spacial score (nSPS) is 13.5. The van der Waals surface area contributed by atoms with Crippen molar-refractivity contribution in [3.8, 4) is 0 Å². The summed E-state index contributed by atoms with van der Waals surface area (Å²) >= 11 is 0. The molecule has 14 heteroatoms. The minimum atomic E-state index is -1.30. The van der Waals surface area contributed by atoms with Crippen LogP contribution >= 0.6 is 0 Å². The molecule has 266 valence electrons. The van der Waals surface area contributed by atoms with E-state index < -0.39 is 47.9 Å². The molecule has 0 aliphatic carbocycles. The second-order valence-corrected chi connectivity index (χ2v) is 12.4. The number of guanidine groups is 1. The average Bonchev–Trinajstić information content (AvgIpc) is 3.73. The summed E-state index contributed by atoms with van der Waals surface area (Å²) in [7, 11) is 0. The van der Waals surface area contributed by atoms with Crippen LogP contribution in [-0.2, 0) is 38.4 Å². The SMILES string of the molecule is NC(N)=NCCCC(NC(=O)C(Cc1ccccc1)NC(=O)C(N)Cc1c[nH]c2ccccc12)C(=O)NC(Cc1c[nH]c2ccccc12)C(=O)O. The third kappa shape index (κ3) is 9.73. The molecule has 2 aromatic heterocycles. The van der Waals surface area contributed by atoms with E-state index in [-0.39, 0.29) is 38.2 Å². The lowest BCUT2D eigenvalue weighted by Gasteiger charge is -2.25. The van der Waals surface area contributed by atoms with Crippen molar-refractivity contribution in [1.82, 2.24) is 25.9 Å². The number of aromatic amines is 2. The first-order valence-corrected chi connectivity index (χ1v) is 16.7. The summed E-state index contributed by atoms with van der Waals surface area (Å²) in [6.07, 6.45) is 4.22. The molecule has 0 spiro atoms. The zero-order valence-corrected chi connectivity index (χ0v) is 28.0. The Labute approximate surface area is 294 Å². The van der Waals surface area contributed by atoms with Gasteiger partial charge in [0.15, 0.2) is 5.96 Å². The van der Waals surface area contributed by atoms with Gasteiger partial charge in [0.2, 0.25) is 17.7 Å². The van der Waals surface area contributed by atoms with Crippen molar-refractivity contribution in [3.63, 3.8) is 0 Å². The number of H-pyrrole nitrogens is 2. The van der Waals surface area contributed by atoms with E-state index in [1.54, 1.807) is 12.4 Å². The maximum Gasteiger partial charge on any atom is 0.326 e. The van der Waals surface area contributed by atoms with Crippen LogP contribution in [0.25, 0.3) is 21.8 Å². The smallest absolute Gasteiger partial charge is 0.326 e. The molecule has 5 aromatic rings. The average molecular weight is 694 g/mol. The Balaban J connectivity index is 1.32. The maximum atomic E-state index is 13.9. The zero-order chi connectivity index (χ0) is 36.3. The summed E-state index contributed by atoms with van der Waals surface area (Å²) in [5, 5.41) is 20.0. The molecule has 0 aliphatic heterocycles. The predicted molar refractivity (Wildman–Crippen MR) is 195 cm³/mol. The van der Waals surface area contributed by atoms with Gasteiger partial charge in [-0.05, 0) is 48.1 Å². The molecule has 4 atom stereocenters. The Kier molecular flexibility index (Phi) is 12.0. The number of carbonyl (C=O) groups is 4. The van der Waals surface area contributed by atoms with Crippen LogP contribution in [0, 0.1) is 0 Å². The van der Waals surface area contributed by atoms with E-state index in [2.05, 4.69) is 30.9 Å². The van der Waals surface area contributed by atoms with Gasteiger partial charge in [-0.1, -0.05) is 66.7 Å². The van der Waals surface area contributed by atoms with Gasteiger partial charge in [-0.25, -0.2) is 4.79 Å². The van der Waals surface area contributed by atoms with E-state index in [1.807, 2.05) is 78.9 Å². The monoisotopic (exact) mass is 693 g/mol. The van der Waals surface area contributed by atoms with Crippen LogP contribution in [0.15, 0.2) is 96.2 Å². The van der Waals surface area contributed by atoms with Crippen LogP contribution in [0.4, 0.5) is 0 Å². The van der Waals surface area contributed by atoms with Gasteiger partial charge in [0.1, 0.15) is 18.1 Å². The number of amides is 3. The van der Waals surface area contributed by atoms with Crippen molar-refractivity contribution in [2.75, 3.05) is 6.54 Å². The molecule has 14 nitrogen and oxygen atoms in total. The quantitative estimate of drug-likeness (QED) is 0.0392. The Bertz CT molecular complexity index is 2000. The molecule has 0 bridgehead atoms. The highest BCUT2D eigenvalue weighted by molar-refractivity contribution is 5.95. The summed E-state index contributed by atoms with van der Waals surface area (Å²) in [5.41, 5.74) is 21.4. The summed E-state index contributed by atoms with van der Waals surface area (Å²) < 4.78 is 0.